The predicted octanol–water partition coefficient (Wildman–Crippen LogP) is 0.534. The Morgan fingerprint density at radius 1 is 1.35 bits per heavy atom. The van der Waals surface area contributed by atoms with Gasteiger partial charge in [-0.15, -0.1) is 16.4 Å². The molecule has 1 saturated heterocycles. The number of hydrogen-bond donors (Lipinski definition) is 1. The van der Waals surface area contributed by atoms with E-state index >= 15 is 0 Å². The molecule has 7 nitrogen and oxygen atoms in total. The largest absolute Gasteiger partial charge is 0.382 e. The fraction of sp³-hybridized carbons (Fsp3) is 0.417. The number of nitrogens with two attached hydrogens (primary N) is 1. The monoisotopic (exact) mass is 289 g/mol. The molecule has 0 amide bonds. The van der Waals surface area contributed by atoms with E-state index in [4.69, 9.17) is 5.73 Å². The molecule has 8 heteroatoms. The number of piperazine rings is 1. The summed E-state index contributed by atoms with van der Waals surface area (Å²) < 4.78 is 1.55. The van der Waals surface area contributed by atoms with Crippen LogP contribution in [0.4, 0.5) is 11.6 Å². The lowest BCUT2D eigenvalue weighted by molar-refractivity contribution is 0.312. The molecule has 0 atom stereocenters. The highest BCUT2D eigenvalue weighted by molar-refractivity contribution is 7.12. The molecule has 2 aromatic heterocycles. The Hall–Kier alpha value is -2.11. The van der Waals surface area contributed by atoms with Gasteiger partial charge in [0.2, 0.25) is 5.13 Å². The van der Waals surface area contributed by atoms with E-state index in [1.54, 1.807) is 10.9 Å². The second kappa shape index (κ2) is 5.11. The van der Waals surface area contributed by atoms with Gasteiger partial charge in [0, 0.05) is 37.8 Å². The highest BCUT2D eigenvalue weighted by Crippen LogP contribution is 2.28. The third-order valence-corrected chi connectivity index (χ3v) is 4.16. The van der Waals surface area contributed by atoms with Crippen molar-refractivity contribution in [2.45, 2.75) is 0 Å². The number of nitrogens with zero attached hydrogens (tertiary/aromatic N) is 6. The second-order valence-electron chi connectivity index (χ2n) is 4.71. The van der Waals surface area contributed by atoms with E-state index in [0.717, 1.165) is 26.2 Å². The molecule has 0 saturated carbocycles. The van der Waals surface area contributed by atoms with Crippen LogP contribution in [-0.2, 0) is 0 Å². The molecule has 2 aromatic rings. The van der Waals surface area contributed by atoms with Crippen molar-refractivity contribution in [1.82, 2.24) is 19.7 Å². The zero-order chi connectivity index (χ0) is 14.1. The Morgan fingerprint density at radius 2 is 2.10 bits per heavy atom. The molecule has 0 aliphatic carbocycles. The molecule has 0 aromatic carbocycles. The third kappa shape index (κ3) is 2.11. The van der Waals surface area contributed by atoms with Crippen molar-refractivity contribution in [2.24, 2.45) is 0 Å². The molecule has 2 N–H and O–H groups in total. The van der Waals surface area contributed by atoms with Crippen molar-refractivity contribution in [2.75, 3.05) is 43.9 Å². The molecule has 0 spiro atoms. The van der Waals surface area contributed by atoms with Gasteiger partial charge < -0.3 is 15.5 Å². The molecular formula is C12H15N7S. The fourth-order valence-electron chi connectivity index (χ4n) is 2.23. The van der Waals surface area contributed by atoms with Gasteiger partial charge in [-0.05, 0) is 7.05 Å². The standard InChI is InChI=1S/C12H15N7S/c1-17-3-5-18(6-4-17)11-9(8-13)10(14)19(16-11)12-15-2-7-20-12/h2,7H,3-6,14H2,1H3. The van der Waals surface area contributed by atoms with Crippen LogP contribution in [0.5, 0.6) is 0 Å². The molecule has 1 aliphatic heterocycles. The molecule has 1 aliphatic rings. The van der Waals surface area contributed by atoms with Crippen LogP contribution in [0.3, 0.4) is 0 Å². The van der Waals surface area contributed by atoms with E-state index in [1.807, 2.05) is 5.38 Å². The first kappa shape index (κ1) is 12.9. The lowest BCUT2D eigenvalue weighted by atomic mass is 10.2. The number of nitrogen functional groups attached to an aromatic ring is 1. The Morgan fingerprint density at radius 3 is 2.70 bits per heavy atom. The van der Waals surface area contributed by atoms with E-state index in [0.29, 0.717) is 22.3 Å². The summed E-state index contributed by atoms with van der Waals surface area (Å²) in [6, 6.07) is 2.17. The summed E-state index contributed by atoms with van der Waals surface area (Å²) in [5, 5.41) is 16.4. The Balaban J connectivity index is 1.99. The van der Waals surface area contributed by atoms with Crippen LogP contribution in [0.15, 0.2) is 11.6 Å². The van der Waals surface area contributed by atoms with Crippen LogP contribution in [0.2, 0.25) is 0 Å². The Labute approximate surface area is 120 Å². The maximum Gasteiger partial charge on any atom is 0.212 e. The smallest absolute Gasteiger partial charge is 0.212 e. The third-order valence-electron chi connectivity index (χ3n) is 3.42. The van der Waals surface area contributed by atoms with E-state index in [2.05, 4.69) is 33.0 Å². The van der Waals surface area contributed by atoms with E-state index in [9.17, 15) is 5.26 Å². The molecule has 1 fully saturated rings. The first-order valence-electron chi connectivity index (χ1n) is 6.32. The lowest BCUT2D eigenvalue weighted by Gasteiger charge is -2.32. The van der Waals surface area contributed by atoms with Gasteiger partial charge in [-0.25, -0.2) is 4.98 Å². The van der Waals surface area contributed by atoms with Gasteiger partial charge >= 0.3 is 0 Å². The molecule has 3 rings (SSSR count). The minimum Gasteiger partial charge on any atom is -0.382 e. The summed E-state index contributed by atoms with van der Waals surface area (Å²) in [6.07, 6.45) is 1.70. The minimum absolute atomic E-state index is 0.358. The van der Waals surface area contributed by atoms with E-state index in [1.165, 1.54) is 11.3 Å². The van der Waals surface area contributed by atoms with Crippen LogP contribution in [-0.4, -0.2) is 52.9 Å². The normalized spacial score (nSPS) is 16.3. The molecule has 0 radical (unpaired) electrons. The summed E-state index contributed by atoms with van der Waals surface area (Å²) >= 11 is 1.44. The zero-order valence-electron chi connectivity index (χ0n) is 11.2. The van der Waals surface area contributed by atoms with Crippen molar-refractivity contribution < 1.29 is 0 Å². The molecule has 104 valence electrons. The van der Waals surface area contributed by atoms with E-state index < -0.39 is 0 Å². The maximum atomic E-state index is 9.36. The van der Waals surface area contributed by atoms with Crippen LogP contribution in [0.25, 0.3) is 5.13 Å². The van der Waals surface area contributed by atoms with Gasteiger partial charge in [0.25, 0.3) is 0 Å². The molecular weight excluding hydrogens is 274 g/mol. The fourth-order valence-corrected chi connectivity index (χ4v) is 2.84. The van der Waals surface area contributed by atoms with Crippen LogP contribution < -0.4 is 10.6 Å². The topological polar surface area (TPSA) is 87.0 Å². The summed E-state index contributed by atoms with van der Waals surface area (Å²) in [4.78, 5) is 8.56. The van der Waals surface area contributed by atoms with Gasteiger partial charge in [-0.2, -0.15) is 9.94 Å². The van der Waals surface area contributed by atoms with Crippen molar-refractivity contribution in [3.63, 3.8) is 0 Å². The summed E-state index contributed by atoms with van der Waals surface area (Å²) in [6.45, 7) is 3.60. The number of aromatic nitrogens is 3. The number of thiazole rings is 1. The average Bonchev–Trinajstić information content (AvgIpc) is 3.07. The summed E-state index contributed by atoms with van der Waals surface area (Å²) in [5.41, 5.74) is 6.48. The van der Waals surface area contributed by atoms with E-state index in [-0.39, 0.29) is 0 Å². The molecule has 3 heterocycles. The van der Waals surface area contributed by atoms with Gasteiger partial charge in [-0.1, -0.05) is 0 Å². The SMILES string of the molecule is CN1CCN(c2nn(-c3nccs3)c(N)c2C#N)CC1. The Bertz CT molecular complexity index is 632. The van der Waals surface area contributed by atoms with Crippen molar-refractivity contribution >= 4 is 23.0 Å². The maximum absolute atomic E-state index is 9.36. The number of likely N-dealkylation sites (N-methyl/N-ethyl adjacent to an activating group) is 1. The number of nitriles is 1. The summed E-state index contributed by atoms with van der Waals surface area (Å²) in [5.74, 6) is 1.02. The van der Waals surface area contributed by atoms with Crippen molar-refractivity contribution in [3.8, 4) is 11.2 Å². The highest BCUT2D eigenvalue weighted by atomic mass is 32.1. The van der Waals surface area contributed by atoms with Gasteiger partial charge in [0.05, 0.1) is 0 Å². The van der Waals surface area contributed by atoms with Crippen LogP contribution in [0, 0.1) is 11.3 Å². The first-order valence-corrected chi connectivity index (χ1v) is 7.20. The first-order chi connectivity index (χ1) is 9.70. The number of anilines is 2. The number of rotatable bonds is 2. The van der Waals surface area contributed by atoms with Gasteiger partial charge in [-0.3, -0.25) is 0 Å². The van der Waals surface area contributed by atoms with Gasteiger partial charge in [0.15, 0.2) is 5.82 Å². The highest BCUT2D eigenvalue weighted by Gasteiger charge is 2.24. The second-order valence-corrected chi connectivity index (χ2v) is 5.59. The lowest BCUT2D eigenvalue weighted by Crippen LogP contribution is -2.45. The molecule has 0 bridgehead atoms. The van der Waals surface area contributed by atoms with Crippen molar-refractivity contribution in [1.29, 1.82) is 5.26 Å². The quantitative estimate of drug-likeness (QED) is 0.868. The predicted molar refractivity (Wildman–Crippen MR) is 78.1 cm³/mol. The Kier molecular flexibility index (Phi) is 3.30. The van der Waals surface area contributed by atoms with Crippen LogP contribution in [0.1, 0.15) is 5.56 Å². The minimum atomic E-state index is 0.358. The van der Waals surface area contributed by atoms with Gasteiger partial charge in [0.1, 0.15) is 17.5 Å². The van der Waals surface area contributed by atoms with Crippen LogP contribution >= 0.6 is 11.3 Å². The summed E-state index contributed by atoms with van der Waals surface area (Å²) in [7, 11) is 2.09. The number of hydrogen-bond acceptors (Lipinski definition) is 7. The average molecular weight is 289 g/mol. The van der Waals surface area contributed by atoms with Crippen molar-refractivity contribution in [3.05, 3.63) is 17.1 Å². The molecule has 0 unspecified atom stereocenters. The zero-order valence-corrected chi connectivity index (χ0v) is 12.0. The molecule has 20 heavy (non-hydrogen) atoms.